The van der Waals surface area contributed by atoms with Gasteiger partial charge in [-0.1, -0.05) is 13.8 Å². The van der Waals surface area contributed by atoms with E-state index in [1.165, 1.54) is 25.9 Å². The Morgan fingerprint density at radius 2 is 1.92 bits per heavy atom. The van der Waals surface area contributed by atoms with Crippen molar-refractivity contribution >= 4 is 5.91 Å². The summed E-state index contributed by atoms with van der Waals surface area (Å²) < 4.78 is 1.67. The molecular formula is C18H31N5O. The first-order valence-corrected chi connectivity index (χ1v) is 9.17. The van der Waals surface area contributed by atoms with Gasteiger partial charge >= 0.3 is 0 Å². The summed E-state index contributed by atoms with van der Waals surface area (Å²) in [6, 6.07) is 2.99. The summed E-state index contributed by atoms with van der Waals surface area (Å²) in [6.45, 7) is 9.78. The van der Waals surface area contributed by atoms with Crippen molar-refractivity contribution in [1.29, 1.82) is 0 Å². The van der Waals surface area contributed by atoms with Crippen molar-refractivity contribution in [3.63, 3.8) is 0 Å². The van der Waals surface area contributed by atoms with Crippen molar-refractivity contribution in [2.45, 2.75) is 38.8 Å². The Labute approximate surface area is 145 Å². The Morgan fingerprint density at radius 3 is 2.46 bits per heavy atom. The summed E-state index contributed by atoms with van der Waals surface area (Å²) in [5.74, 6) is 0.769. The van der Waals surface area contributed by atoms with Crippen molar-refractivity contribution < 1.29 is 4.79 Å². The molecule has 0 atom stereocenters. The molecule has 0 aromatic carbocycles. The lowest BCUT2D eigenvalue weighted by atomic mass is 9.96. The Kier molecular flexibility index (Phi) is 5.25. The highest BCUT2D eigenvalue weighted by atomic mass is 16.2. The van der Waals surface area contributed by atoms with Gasteiger partial charge in [-0.05, 0) is 45.0 Å². The Hall–Kier alpha value is -1.40. The van der Waals surface area contributed by atoms with E-state index in [0.29, 0.717) is 23.7 Å². The summed E-state index contributed by atoms with van der Waals surface area (Å²) in [5.41, 5.74) is 0.683. The number of likely N-dealkylation sites (tertiary alicyclic amines) is 2. The topological polar surface area (TPSA) is 44.6 Å². The number of amides is 1. The van der Waals surface area contributed by atoms with Crippen LogP contribution in [0, 0.1) is 5.92 Å². The maximum Gasteiger partial charge on any atom is 0.272 e. The van der Waals surface area contributed by atoms with E-state index in [4.69, 9.17) is 0 Å². The fraction of sp³-hybridized carbons (Fsp3) is 0.778. The molecule has 1 aromatic heterocycles. The highest BCUT2D eigenvalue weighted by molar-refractivity contribution is 5.93. The van der Waals surface area contributed by atoms with Gasteiger partial charge in [0, 0.05) is 45.0 Å². The second-order valence-corrected chi connectivity index (χ2v) is 7.83. The third-order valence-corrected chi connectivity index (χ3v) is 5.39. The lowest BCUT2D eigenvalue weighted by Crippen LogP contribution is -2.64. The first-order valence-electron chi connectivity index (χ1n) is 9.17. The van der Waals surface area contributed by atoms with Crippen molar-refractivity contribution in [1.82, 2.24) is 24.5 Å². The molecule has 0 aliphatic carbocycles. The SMILES string of the molecule is CC(C)CN(C1CCN(C)CC1)C1CN(C(=O)c2ccnn2C)C1. The number of piperidine rings is 1. The van der Waals surface area contributed by atoms with E-state index in [1.54, 1.807) is 16.9 Å². The minimum absolute atomic E-state index is 0.110. The van der Waals surface area contributed by atoms with Gasteiger partial charge in [-0.25, -0.2) is 0 Å². The molecule has 0 radical (unpaired) electrons. The molecule has 0 bridgehead atoms. The number of rotatable bonds is 5. The monoisotopic (exact) mass is 333 g/mol. The smallest absolute Gasteiger partial charge is 0.272 e. The maximum absolute atomic E-state index is 12.6. The van der Waals surface area contributed by atoms with Crippen molar-refractivity contribution in [2.24, 2.45) is 13.0 Å². The van der Waals surface area contributed by atoms with Crippen LogP contribution in [0.3, 0.4) is 0 Å². The number of carbonyl (C=O) groups is 1. The average molecular weight is 333 g/mol. The maximum atomic E-state index is 12.6. The molecular weight excluding hydrogens is 302 g/mol. The summed E-state index contributed by atoms with van der Waals surface area (Å²) in [5, 5.41) is 4.11. The second-order valence-electron chi connectivity index (χ2n) is 7.83. The molecule has 24 heavy (non-hydrogen) atoms. The zero-order valence-electron chi connectivity index (χ0n) is 15.5. The van der Waals surface area contributed by atoms with Gasteiger partial charge in [0.2, 0.25) is 0 Å². The Bertz CT molecular complexity index is 556. The fourth-order valence-corrected chi connectivity index (χ4v) is 3.92. The van der Waals surface area contributed by atoms with E-state index in [2.05, 4.69) is 35.8 Å². The van der Waals surface area contributed by atoms with Gasteiger partial charge < -0.3 is 9.80 Å². The molecule has 3 heterocycles. The molecule has 2 aliphatic heterocycles. The average Bonchev–Trinajstić information content (AvgIpc) is 2.91. The van der Waals surface area contributed by atoms with Crippen LogP contribution in [0.1, 0.15) is 37.2 Å². The molecule has 0 unspecified atom stereocenters. The number of aryl methyl sites for hydroxylation is 1. The summed E-state index contributed by atoms with van der Waals surface area (Å²) in [4.78, 5) is 19.6. The minimum atomic E-state index is 0.110. The third kappa shape index (κ3) is 3.64. The van der Waals surface area contributed by atoms with Crippen LogP contribution in [0.2, 0.25) is 0 Å². The molecule has 1 amide bonds. The predicted molar refractivity (Wildman–Crippen MR) is 95.0 cm³/mol. The minimum Gasteiger partial charge on any atom is -0.334 e. The molecule has 134 valence electrons. The van der Waals surface area contributed by atoms with Crippen LogP contribution in [-0.4, -0.2) is 82.2 Å². The van der Waals surface area contributed by atoms with E-state index in [9.17, 15) is 4.79 Å². The fourth-order valence-electron chi connectivity index (χ4n) is 3.92. The van der Waals surface area contributed by atoms with Crippen LogP contribution in [0.15, 0.2) is 12.3 Å². The first kappa shape index (κ1) is 17.4. The van der Waals surface area contributed by atoms with E-state index in [-0.39, 0.29) is 5.91 Å². The van der Waals surface area contributed by atoms with Crippen LogP contribution in [0.4, 0.5) is 0 Å². The van der Waals surface area contributed by atoms with Crippen molar-refractivity contribution in [3.05, 3.63) is 18.0 Å². The van der Waals surface area contributed by atoms with Crippen LogP contribution in [-0.2, 0) is 7.05 Å². The summed E-state index contributed by atoms with van der Waals surface area (Å²) >= 11 is 0. The van der Waals surface area contributed by atoms with E-state index >= 15 is 0 Å². The number of hydrogen-bond acceptors (Lipinski definition) is 4. The van der Waals surface area contributed by atoms with Gasteiger partial charge in [0.1, 0.15) is 5.69 Å². The molecule has 2 saturated heterocycles. The zero-order chi connectivity index (χ0) is 17.3. The van der Waals surface area contributed by atoms with E-state index in [0.717, 1.165) is 19.6 Å². The van der Waals surface area contributed by atoms with Crippen LogP contribution >= 0.6 is 0 Å². The molecule has 6 heteroatoms. The van der Waals surface area contributed by atoms with Crippen LogP contribution < -0.4 is 0 Å². The first-order chi connectivity index (χ1) is 11.5. The van der Waals surface area contributed by atoms with Gasteiger partial charge in [-0.2, -0.15) is 5.10 Å². The highest BCUT2D eigenvalue weighted by Crippen LogP contribution is 2.25. The number of hydrogen-bond donors (Lipinski definition) is 0. The Balaban J connectivity index is 1.60. The van der Waals surface area contributed by atoms with Gasteiger partial charge in [0.05, 0.1) is 0 Å². The van der Waals surface area contributed by atoms with Crippen molar-refractivity contribution in [2.75, 3.05) is 39.8 Å². The molecule has 0 N–H and O–H groups in total. The summed E-state index contributed by atoms with van der Waals surface area (Å²) in [7, 11) is 4.04. The second kappa shape index (κ2) is 7.23. The van der Waals surface area contributed by atoms with E-state index in [1.807, 2.05) is 11.9 Å². The van der Waals surface area contributed by atoms with Gasteiger partial charge in [-0.3, -0.25) is 14.4 Å². The zero-order valence-corrected chi connectivity index (χ0v) is 15.5. The standard InChI is InChI=1S/C18H31N5O/c1-14(2)11-23(15-6-9-20(3)10-7-15)16-12-22(13-16)18(24)17-5-8-19-21(17)4/h5,8,14-16H,6-7,9-13H2,1-4H3. The summed E-state index contributed by atoms with van der Waals surface area (Å²) in [6.07, 6.45) is 4.18. The molecule has 6 nitrogen and oxygen atoms in total. The molecule has 1 aromatic rings. The lowest BCUT2D eigenvalue weighted by molar-refractivity contribution is -0.00846. The predicted octanol–water partition coefficient (Wildman–Crippen LogP) is 1.30. The van der Waals surface area contributed by atoms with Crippen LogP contribution in [0.5, 0.6) is 0 Å². The van der Waals surface area contributed by atoms with Gasteiger partial charge in [-0.15, -0.1) is 0 Å². The molecule has 2 aliphatic rings. The quantitative estimate of drug-likeness (QED) is 0.815. The normalized spacial score (nSPS) is 20.8. The molecule has 2 fully saturated rings. The van der Waals surface area contributed by atoms with Gasteiger partial charge in [0.25, 0.3) is 5.91 Å². The molecule has 0 spiro atoms. The molecule has 3 rings (SSSR count). The molecule has 0 saturated carbocycles. The van der Waals surface area contributed by atoms with E-state index < -0.39 is 0 Å². The van der Waals surface area contributed by atoms with Crippen LogP contribution in [0.25, 0.3) is 0 Å². The van der Waals surface area contributed by atoms with Crippen molar-refractivity contribution in [3.8, 4) is 0 Å². The number of carbonyl (C=O) groups excluding carboxylic acids is 1. The number of aromatic nitrogens is 2. The lowest BCUT2D eigenvalue weighted by Gasteiger charge is -2.50. The Morgan fingerprint density at radius 1 is 1.25 bits per heavy atom. The van der Waals surface area contributed by atoms with Gasteiger partial charge in [0.15, 0.2) is 0 Å². The number of nitrogens with zero attached hydrogens (tertiary/aromatic N) is 5. The largest absolute Gasteiger partial charge is 0.334 e. The third-order valence-electron chi connectivity index (χ3n) is 5.39. The highest BCUT2D eigenvalue weighted by Gasteiger charge is 2.39.